The molecule has 0 saturated carbocycles. The third-order valence-electron chi connectivity index (χ3n) is 4.68. The Bertz CT molecular complexity index is 1250. The van der Waals surface area contributed by atoms with Crippen molar-refractivity contribution in [1.82, 2.24) is 0 Å². The van der Waals surface area contributed by atoms with Gasteiger partial charge in [0.2, 0.25) is 0 Å². The molecule has 0 saturated heterocycles. The smallest absolute Gasteiger partial charge is 0.271 e. The van der Waals surface area contributed by atoms with E-state index in [4.69, 9.17) is 23.2 Å². The lowest BCUT2D eigenvalue weighted by atomic mass is 10.1. The highest BCUT2D eigenvalue weighted by Gasteiger charge is 2.20. The molecule has 9 nitrogen and oxygen atoms in total. The van der Waals surface area contributed by atoms with Crippen LogP contribution in [0, 0.1) is 34.1 Å². The Labute approximate surface area is 193 Å². The van der Waals surface area contributed by atoms with Crippen molar-refractivity contribution in [2.24, 2.45) is 5.10 Å². The summed E-state index contributed by atoms with van der Waals surface area (Å²) in [7, 11) is 0. The van der Waals surface area contributed by atoms with E-state index in [0.29, 0.717) is 27.9 Å². The van der Waals surface area contributed by atoms with Gasteiger partial charge in [0.1, 0.15) is 11.4 Å². The van der Waals surface area contributed by atoms with Crippen molar-refractivity contribution in [2.75, 3.05) is 5.43 Å². The van der Waals surface area contributed by atoms with Gasteiger partial charge >= 0.3 is 5.69 Å². The van der Waals surface area contributed by atoms with Gasteiger partial charge in [-0.15, -0.1) is 0 Å². The number of anilines is 1. The number of benzene rings is 2. The molecule has 1 N–H and O–H groups in total. The van der Waals surface area contributed by atoms with Gasteiger partial charge in [-0.05, 0) is 30.7 Å². The molecule has 0 spiro atoms. The van der Waals surface area contributed by atoms with Crippen molar-refractivity contribution in [2.45, 2.75) is 20.4 Å². The molecule has 0 atom stereocenters. The molecule has 1 aromatic heterocycles. The number of hydrogen-bond acceptors (Lipinski definition) is 6. The van der Waals surface area contributed by atoms with Gasteiger partial charge in [0.05, 0.1) is 26.0 Å². The van der Waals surface area contributed by atoms with Crippen LogP contribution in [0.3, 0.4) is 0 Å². The van der Waals surface area contributed by atoms with E-state index in [1.807, 2.05) is 36.7 Å². The Morgan fingerprint density at radius 2 is 1.75 bits per heavy atom. The van der Waals surface area contributed by atoms with Gasteiger partial charge in [-0.25, -0.2) is 0 Å². The molecule has 1 heterocycles. The van der Waals surface area contributed by atoms with Crippen LogP contribution in [0.2, 0.25) is 10.0 Å². The zero-order chi connectivity index (χ0) is 23.4. The van der Waals surface area contributed by atoms with Crippen LogP contribution >= 0.6 is 23.2 Å². The van der Waals surface area contributed by atoms with Crippen molar-refractivity contribution in [3.8, 4) is 0 Å². The number of pyridine rings is 1. The van der Waals surface area contributed by atoms with Gasteiger partial charge in [0.15, 0.2) is 18.4 Å². The van der Waals surface area contributed by atoms with Crippen LogP contribution in [0.1, 0.15) is 16.8 Å². The van der Waals surface area contributed by atoms with E-state index < -0.39 is 15.5 Å². The van der Waals surface area contributed by atoms with Crippen molar-refractivity contribution < 1.29 is 14.4 Å². The second-order valence-corrected chi connectivity index (χ2v) is 7.80. The quantitative estimate of drug-likeness (QED) is 0.218. The molecule has 0 bridgehead atoms. The highest BCUT2D eigenvalue weighted by molar-refractivity contribution is 6.42. The van der Waals surface area contributed by atoms with Crippen molar-refractivity contribution in [1.29, 1.82) is 0 Å². The molecule has 0 radical (unpaired) electrons. The van der Waals surface area contributed by atoms with Crippen molar-refractivity contribution in [3.63, 3.8) is 0 Å². The number of halogens is 2. The summed E-state index contributed by atoms with van der Waals surface area (Å²) in [6, 6.07) is 12.3. The minimum Gasteiger partial charge on any atom is -0.271 e. The van der Waals surface area contributed by atoms with E-state index in [-0.39, 0.29) is 11.4 Å². The van der Waals surface area contributed by atoms with E-state index in [0.717, 1.165) is 17.3 Å². The molecule has 0 aliphatic heterocycles. The number of non-ortho nitro benzene ring substituents is 1. The largest absolute Gasteiger partial charge is 0.301 e. The van der Waals surface area contributed by atoms with Crippen LogP contribution in [-0.4, -0.2) is 15.6 Å². The average molecular weight is 475 g/mol. The second kappa shape index (κ2) is 9.71. The van der Waals surface area contributed by atoms with Crippen molar-refractivity contribution >= 4 is 46.0 Å². The number of nitrogens with one attached hydrogen (secondary N) is 1. The van der Waals surface area contributed by atoms with Gasteiger partial charge in [-0.3, -0.25) is 25.7 Å². The summed E-state index contributed by atoms with van der Waals surface area (Å²) in [5.41, 5.74) is 5.11. The van der Waals surface area contributed by atoms with Gasteiger partial charge in [-0.1, -0.05) is 29.3 Å². The summed E-state index contributed by atoms with van der Waals surface area (Å²) in [6.07, 6.45) is 1.91. The lowest BCUT2D eigenvalue weighted by molar-refractivity contribution is -0.687. The summed E-state index contributed by atoms with van der Waals surface area (Å²) in [5.74, 6) is 0. The average Bonchev–Trinajstić information content (AvgIpc) is 2.74. The number of nitro benzene ring substituents is 2. The number of nitro groups is 2. The summed E-state index contributed by atoms with van der Waals surface area (Å²) < 4.78 is 1.96. The van der Waals surface area contributed by atoms with Crippen LogP contribution in [0.5, 0.6) is 0 Å². The Hall–Kier alpha value is -3.56. The lowest BCUT2D eigenvalue weighted by Gasteiger charge is -2.09. The number of nitrogens with zero attached hydrogens (tertiary/aromatic N) is 4. The van der Waals surface area contributed by atoms with E-state index in [9.17, 15) is 20.2 Å². The summed E-state index contributed by atoms with van der Waals surface area (Å²) >= 11 is 12.2. The number of rotatable bonds is 7. The van der Waals surface area contributed by atoms with Crippen LogP contribution in [0.15, 0.2) is 59.8 Å². The van der Waals surface area contributed by atoms with Crippen molar-refractivity contribution in [3.05, 3.63) is 102 Å². The SMILES string of the molecule is Cc1cc[n+](C/C(=N/Nc2ccc([N+](=O)[O-])cc2[N+](=O)[O-])c2ccc(Cl)c(Cl)c2)c(C)c1. The number of hydrogen-bond donors (Lipinski definition) is 1. The molecule has 11 heteroatoms. The minimum absolute atomic E-state index is 0.0174. The fraction of sp³-hybridized carbons (Fsp3) is 0.143. The molecular weight excluding hydrogens is 457 g/mol. The van der Waals surface area contributed by atoms with Gasteiger partial charge in [0, 0.05) is 30.7 Å². The minimum atomic E-state index is -0.706. The van der Waals surface area contributed by atoms with E-state index in [2.05, 4.69) is 10.5 Å². The van der Waals surface area contributed by atoms with Gasteiger partial charge < -0.3 is 0 Å². The first-order chi connectivity index (χ1) is 15.2. The van der Waals surface area contributed by atoms with E-state index in [1.165, 1.54) is 12.1 Å². The van der Waals surface area contributed by atoms with E-state index in [1.54, 1.807) is 18.2 Å². The zero-order valence-corrected chi connectivity index (χ0v) is 18.6. The summed E-state index contributed by atoms with van der Waals surface area (Å²) in [4.78, 5) is 21.0. The van der Waals surface area contributed by atoms with Crippen LogP contribution in [-0.2, 0) is 6.54 Å². The molecule has 0 aliphatic rings. The van der Waals surface area contributed by atoms with Gasteiger partial charge in [-0.2, -0.15) is 9.67 Å². The molecule has 3 rings (SSSR count). The molecule has 3 aromatic rings. The number of aromatic nitrogens is 1. The zero-order valence-electron chi connectivity index (χ0n) is 17.1. The topological polar surface area (TPSA) is 115 Å². The normalized spacial score (nSPS) is 11.3. The third kappa shape index (κ3) is 5.37. The number of hydrazone groups is 1. The predicted octanol–water partition coefficient (Wildman–Crippen LogP) is 5.23. The highest BCUT2D eigenvalue weighted by atomic mass is 35.5. The Kier molecular flexibility index (Phi) is 7.01. The third-order valence-corrected chi connectivity index (χ3v) is 5.42. The maximum absolute atomic E-state index is 11.4. The van der Waals surface area contributed by atoms with E-state index >= 15 is 0 Å². The predicted molar refractivity (Wildman–Crippen MR) is 122 cm³/mol. The van der Waals surface area contributed by atoms with Crippen LogP contribution < -0.4 is 9.99 Å². The second-order valence-electron chi connectivity index (χ2n) is 6.99. The molecule has 164 valence electrons. The van der Waals surface area contributed by atoms with Crippen LogP contribution in [0.25, 0.3) is 0 Å². The summed E-state index contributed by atoms with van der Waals surface area (Å²) in [6.45, 7) is 4.27. The standard InChI is InChI=1S/C21H18Cl2N5O4/c1-13-7-8-26(14(2)9-13)12-20(15-3-5-17(22)18(23)10-15)25-24-19-6-4-16(27(29)30)11-21(19)28(31)32/h3-11,24H,12H2,1-2H3/q+1/b25-20-. The molecule has 0 unspecified atom stereocenters. The first-order valence-electron chi connectivity index (χ1n) is 9.33. The fourth-order valence-corrected chi connectivity index (χ4v) is 3.30. The maximum atomic E-state index is 11.4. The molecule has 2 aromatic carbocycles. The monoisotopic (exact) mass is 474 g/mol. The first-order valence-corrected chi connectivity index (χ1v) is 10.1. The molecule has 32 heavy (non-hydrogen) atoms. The Morgan fingerprint density at radius 1 is 1.00 bits per heavy atom. The lowest BCUT2D eigenvalue weighted by Crippen LogP contribution is -2.41. The molecule has 0 amide bonds. The molecule has 0 fully saturated rings. The number of aryl methyl sites for hydroxylation is 2. The van der Waals surface area contributed by atoms with Gasteiger partial charge in [0.25, 0.3) is 5.69 Å². The Morgan fingerprint density at radius 3 is 2.38 bits per heavy atom. The fourth-order valence-electron chi connectivity index (χ4n) is 3.00. The summed E-state index contributed by atoms with van der Waals surface area (Å²) in [5, 5.41) is 27.5. The highest BCUT2D eigenvalue weighted by Crippen LogP contribution is 2.29. The maximum Gasteiger partial charge on any atom is 0.301 e. The molecular formula is C21H18Cl2N5O4+. The first kappa shape index (κ1) is 23.1. The molecule has 0 aliphatic carbocycles. The Balaban J connectivity index is 2.04. The van der Waals surface area contributed by atoms with Crippen LogP contribution in [0.4, 0.5) is 17.1 Å².